The van der Waals surface area contributed by atoms with E-state index in [1.165, 1.54) is 30.5 Å². The van der Waals surface area contributed by atoms with Crippen LogP contribution in [-0.4, -0.2) is 23.7 Å². The summed E-state index contributed by atoms with van der Waals surface area (Å²) in [5.41, 5.74) is 5.60. The molecule has 1 aliphatic heterocycles. The molecule has 2 heterocycles. The van der Waals surface area contributed by atoms with Crippen LogP contribution in [0.1, 0.15) is 16.4 Å². The molecule has 0 unspecified atom stereocenters. The molecule has 1 saturated heterocycles. The maximum atomic E-state index is 13.0. The number of hydrogen-bond acceptors (Lipinski definition) is 3. The normalized spacial score (nSPS) is 14.7. The van der Waals surface area contributed by atoms with Crippen LogP contribution in [0.5, 0.6) is 0 Å². The maximum Gasteiger partial charge on any atom is 0.254 e. The number of nitrogens with zero attached hydrogens (tertiary/aromatic N) is 1. The average Bonchev–Trinajstić information content (AvgIpc) is 2.39. The molecule has 5 nitrogen and oxygen atoms in total. The number of rotatable bonds is 3. The Labute approximate surface area is 119 Å². The first kappa shape index (κ1) is 13.5. The lowest BCUT2D eigenvalue weighted by molar-refractivity contribution is -0.0235. The molecule has 21 heavy (non-hydrogen) atoms. The van der Waals surface area contributed by atoms with Gasteiger partial charge in [0.15, 0.2) is 0 Å². The molecule has 1 aromatic heterocycles. The van der Waals surface area contributed by atoms with Crippen LogP contribution in [0.3, 0.4) is 0 Å². The van der Waals surface area contributed by atoms with Crippen LogP contribution < -0.4 is 11.2 Å². The number of carbonyl (C=O) groups is 1. The molecule has 108 valence electrons. The molecule has 3 rings (SSSR count). The van der Waals surface area contributed by atoms with Gasteiger partial charge in [0.25, 0.3) is 5.91 Å². The van der Waals surface area contributed by atoms with Crippen LogP contribution in [-0.2, 0) is 4.74 Å². The van der Waals surface area contributed by atoms with E-state index in [1.807, 2.05) is 0 Å². The van der Waals surface area contributed by atoms with Crippen molar-refractivity contribution in [2.45, 2.75) is 6.04 Å². The highest BCUT2D eigenvalue weighted by atomic mass is 19.1. The van der Waals surface area contributed by atoms with Gasteiger partial charge in [-0.1, -0.05) is 12.1 Å². The van der Waals surface area contributed by atoms with Crippen LogP contribution >= 0.6 is 0 Å². The third-order valence-electron chi connectivity index (χ3n) is 3.51. The van der Waals surface area contributed by atoms with Crippen molar-refractivity contribution >= 4 is 5.91 Å². The van der Waals surface area contributed by atoms with E-state index < -0.39 is 17.2 Å². The standard InChI is InChI=1S/C15H13FN2O3/c16-10-3-1-9(2-4-10)12-5-18(11-7-21-8-11)6-13(14(12)19)15(17)20/h1-6,11H,7-8H2,(H2,17,20). The number of nitrogens with two attached hydrogens (primary N) is 1. The van der Waals surface area contributed by atoms with Gasteiger partial charge in [0.05, 0.1) is 19.3 Å². The Morgan fingerprint density at radius 2 is 1.90 bits per heavy atom. The van der Waals surface area contributed by atoms with E-state index in [0.29, 0.717) is 24.3 Å². The van der Waals surface area contributed by atoms with Crippen LogP contribution in [0.25, 0.3) is 11.1 Å². The van der Waals surface area contributed by atoms with E-state index >= 15 is 0 Å². The fourth-order valence-electron chi connectivity index (χ4n) is 2.21. The predicted octanol–water partition coefficient (Wildman–Crippen LogP) is 1.32. The topological polar surface area (TPSA) is 74.3 Å². The van der Waals surface area contributed by atoms with Gasteiger partial charge in [-0.05, 0) is 17.7 Å². The summed E-state index contributed by atoms with van der Waals surface area (Å²) in [7, 11) is 0. The van der Waals surface area contributed by atoms with E-state index in [-0.39, 0.29) is 11.6 Å². The van der Waals surface area contributed by atoms with E-state index in [0.717, 1.165) is 0 Å². The van der Waals surface area contributed by atoms with Crippen molar-refractivity contribution in [3.63, 3.8) is 0 Å². The first-order valence-corrected chi connectivity index (χ1v) is 6.45. The minimum absolute atomic E-state index is 0.0721. The maximum absolute atomic E-state index is 13.0. The smallest absolute Gasteiger partial charge is 0.254 e. The predicted molar refractivity (Wildman–Crippen MR) is 74.5 cm³/mol. The second-order valence-electron chi connectivity index (χ2n) is 4.92. The Kier molecular flexibility index (Phi) is 3.31. The monoisotopic (exact) mass is 288 g/mol. The number of benzene rings is 1. The van der Waals surface area contributed by atoms with E-state index in [4.69, 9.17) is 10.5 Å². The van der Waals surface area contributed by atoms with Gasteiger partial charge in [-0.3, -0.25) is 9.59 Å². The molecule has 0 bridgehead atoms. The highest BCUT2D eigenvalue weighted by Crippen LogP contribution is 2.22. The number of aromatic nitrogens is 1. The van der Waals surface area contributed by atoms with E-state index in [2.05, 4.69) is 0 Å². The number of primary amides is 1. The number of halogens is 1. The molecule has 0 spiro atoms. The number of ether oxygens (including phenoxy) is 1. The van der Waals surface area contributed by atoms with Crippen molar-refractivity contribution in [1.82, 2.24) is 4.57 Å². The van der Waals surface area contributed by atoms with Gasteiger partial charge < -0.3 is 15.0 Å². The van der Waals surface area contributed by atoms with Crippen molar-refractivity contribution in [3.8, 4) is 11.1 Å². The Morgan fingerprint density at radius 1 is 1.24 bits per heavy atom. The van der Waals surface area contributed by atoms with Gasteiger partial charge in [-0.15, -0.1) is 0 Å². The van der Waals surface area contributed by atoms with Gasteiger partial charge >= 0.3 is 0 Å². The molecule has 0 radical (unpaired) electrons. The van der Waals surface area contributed by atoms with Crippen LogP contribution in [0.4, 0.5) is 4.39 Å². The molecule has 1 fully saturated rings. The second-order valence-corrected chi connectivity index (χ2v) is 4.92. The van der Waals surface area contributed by atoms with Gasteiger partial charge in [-0.2, -0.15) is 0 Å². The summed E-state index contributed by atoms with van der Waals surface area (Å²) in [5, 5.41) is 0. The molecule has 0 aliphatic carbocycles. The number of pyridine rings is 1. The Bertz CT molecular complexity index is 749. The van der Waals surface area contributed by atoms with Gasteiger partial charge in [0.2, 0.25) is 5.43 Å². The minimum Gasteiger partial charge on any atom is -0.377 e. The average molecular weight is 288 g/mol. The number of carbonyl (C=O) groups excluding carboxylic acids is 1. The van der Waals surface area contributed by atoms with E-state index in [1.54, 1.807) is 10.8 Å². The summed E-state index contributed by atoms with van der Waals surface area (Å²) in [6, 6.07) is 5.60. The third kappa shape index (κ3) is 2.45. The van der Waals surface area contributed by atoms with Gasteiger partial charge in [-0.25, -0.2) is 4.39 Å². The van der Waals surface area contributed by atoms with Crippen molar-refractivity contribution < 1.29 is 13.9 Å². The number of hydrogen-bond donors (Lipinski definition) is 1. The molecule has 6 heteroatoms. The molecule has 1 aliphatic rings. The van der Waals surface area contributed by atoms with Crippen molar-refractivity contribution in [2.75, 3.05) is 13.2 Å². The Balaban J connectivity index is 2.17. The summed E-state index contributed by atoms with van der Waals surface area (Å²) in [6.07, 6.45) is 3.10. The Morgan fingerprint density at radius 3 is 2.43 bits per heavy atom. The minimum atomic E-state index is -0.780. The van der Waals surface area contributed by atoms with Crippen LogP contribution in [0.2, 0.25) is 0 Å². The Hall–Kier alpha value is -2.47. The van der Waals surface area contributed by atoms with Crippen LogP contribution in [0, 0.1) is 5.82 Å². The van der Waals surface area contributed by atoms with Gasteiger partial charge in [0.1, 0.15) is 11.4 Å². The highest BCUT2D eigenvalue weighted by Gasteiger charge is 2.22. The zero-order valence-electron chi connectivity index (χ0n) is 11.1. The molecule has 2 aromatic rings. The lowest BCUT2D eigenvalue weighted by Crippen LogP contribution is -2.33. The lowest BCUT2D eigenvalue weighted by atomic mass is 10.0. The molecule has 1 aromatic carbocycles. The fraction of sp³-hybridized carbons (Fsp3) is 0.200. The van der Waals surface area contributed by atoms with E-state index in [9.17, 15) is 14.0 Å². The summed E-state index contributed by atoms with van der Waals surface area (Å²) in [4.78, 5) is 23.8. The summed E-state index contributed by atoms with van der Waals surface area (Å²) in [6.45, 7) is 1.04. The second kappa shape index (κ2) is 5.14. The first-order valence-electron chi connectivity index (χ1n) is 6.45. The molecule has 0 saturated carbocycles. The summed E-state index contributed by atoms with van der Waals surface area (Å²) < 4.78 is 19.9. The molecule has 1 amide bonds. The summed E-state index contributed by atoms with van der Waals surface area (Å²) in [5.74, 6) is -1.17. The largest absolute Gasteiger partial charge is 0.377 e. The van der Waals surface area contributed by atoms with Crippen LogP contribution in [0.15, 0.2) is 41.5 Å². The quantitative estimate of drug-likeness (QED) is 0.925. The zero-order valence-corrected chi connectivity index (χ0v) is 11.1. The SMILES string of the molecule is NC(=O)c1cn(C2COC2)cc(-c2ccc(F)cc2)c1=O. The third-order valence-corrected chi connectivity index (χ3v) is 3.51. The van der Waals surface area contributed by atoms with Crippen molar-refractivity contribution in [2.24, 2.45) is 5.73 Å². The molecular formula is C15H13FN2O3. The molecule has 2 N–H and O–H groups in total. The van der Waals surface area contributed by atoms with Crippen molar-refractivity contribution in [3.05, 3.63) is 58.3 Å². The summed E-state index contributed by atoms with van der Waals surface area (Å²) >= 11 is 0. The van der Waals surface area contributed by atoms with Crippen molar-refractivity contribution in [1.29, 1.82) is 0 Å². The first-order chi connectivity index (χ1) is 10.1. The lowest BCUT2D eigenvalue weighted by Gasteiger charge is -2.29. The number of amides is 1. The highest BCUT2D eigenvalue weighted by molar-refractivity contribution is 5.93. The molecule has 0 atom stereocenters. The fourth-order valence-corrected chi connectivity index (χ4v) is 2.21. The molecular weight excluding hydrogens is 275 g/mol. The zero-order chi connectivity index (χ0) is 15.0. The van der Waals surface area contributed by atoms with Gasteiger partial charge in [0, 0.05) is 18.0 Å².